The average molecular weight is 269 g/mol. The molecule has 1 aliphatic heterocycles. The van der Waals surface area contributed by atoms with Crippen molar-refractivity contribution in [1.29, 1.82) is 0 Å². The molecule has 2 N–H and O–H groups in total. The Labute approximate surface area is 108 Å². The lowest BCUT2D eigenvalue weighted by Crippen LogP contribution is -2.49. The average Bonchev–Trinajstić information content (AvgIpc) is 2.27. The van der Waals surface area contributed by atoms with Crippen molar-refractivity contribution < 1.29 is 9.53 Å². The number of halogens is 1. The van der Waals surface area contributed by atoms with Crippen molar-refractivity contribution in [3.63, 3.8) is 0 Å². The van der Waals surface area contributed by atoms with Gasteiger partial charge in [0, 0.05) is 24.4 Å². The molecule has 1 heterocycles. The van der Waals surface area contributed by atoms with Gasteiger partial charge in [0.2, 0.25) is 0 Å². The van der Waals surface area contributed by atoms with E-state index in [1.54, 1.807) is 11.8 Å². The smallest absolute Gasteiger partial charge is 0.250 e. The summed E-state index contributed by atoms with van der Waals surface area (Å²) in [5.41, 5.74) is 0. The minimum Gasteiger partial charge on any atom is -0.366 e. The molecule has 0 unspecified atom stereocenters. The Morgan fingerprint density at radius 3 is 2.81 bits per heavy atom. The van der Waals surface area contributed by atoms with E-state index in [2.05, 4.69) is 24.5 Å². The molecule has 0 aliphatic carbocycles. The second-order valence-corrected chi connectivity index (χ2v) is 5.76. The molecule has 4 nitrogen and oxygen atoms in total. The van der Waals surface area contributed by atoms with Crippen LogP contribution in [0.15, 0.2) is 0 Å². The highest BCUT2D eigenvalue weighted by atomic mass is 35.5. The molecular formula is C10H21ClN2O2S. The van der Waals surface area contributed by atoms with Crippen LogP contribution in [0.1, 0.15) is 13.8 Å². The first kappa shape index (κ1) is 16.0. The lowest BCUT2D eigenvalue weighted by atomic mass is 10.2. The van der Waals surface area contributed by atoms with Gasteiger partial charge in [-0.1, -0.05) is 0 Å². The van der Waals surface area contributed by atoms with Gasteiger partial charge in [0.05, 0.1) is 6.61 Å². The van der Waals surface area contributed by atoms with Crippen LogP contribution in [0.4, 0.5) is 0 Å². The highest BCUT2D eigenvalue weighted by Gasteiger charge is 2.24. The first-order valence-electron chi connectivity index (χ1n) is 5.20. The summed E-state index contributed by atoms with van der Waals surface area (Å²) in [6.45, 7) is 6.96. The summed E-state index contributed by atoms with van der Waals surface area (Å²) in [6.07, 6.45) is 1.72. The summed E-state index contributed by atoms with van der Waals surface area (Å²) in [4.78, 5) is 11.7. The molecule has 16 heavy (non-hydrogen) atoms. The molecule has 0 aromatic heterocycles. The third-order valence-corrected chi connectivity index (χ3v) is 3.71. The van der Waals surface area contributed by atoms with Gasteiger partial charge in [-0.15, -0.1) is 12.4 Å². The standard InChI is InChI=1S/C10H20N2O2S.ClH/c1-10(2,15-3)7-12-9(13)8-6-11-4-5-14-8;/h8,11H,4-7H2,1-3H3,(H,12,13);1H/t8-;/m1./s1. The topological polar surface area (TPSA) is 50.4 Å². The van der Waals surface area contributed by atoms with Crippen molar-refractivity contribution in [3.8, 4) is 0 Å². The third kappa shape index (κ3) is 5.39. The fraction of sp³-hybridized carbons (Fsp3) is 0.900. The number of nitrogens with one attached hydrogen (secondary N) is 2. The summed E-state index contributed by atoms with van der Waals surface area (Å²) in [7, 11) is 0. The maximum Gasteiger partial charge on any atom is 0.250 e. The van der Waals surface area contributed by atoms with Crippen LogP contribution < -0.4 is 10.6 Å². The van der Waals surface area contributed by atoms with E-state index in [1.807, 2.05) is 6.26 Å². The summed E-state index contributed by atoms with van der Waals surface area (Å²) in [5, 5.41) is 6.05. The summed E-state index contributed by atoms with van der Waals surface area (Å²) in [5.74, 6) is -0.00988. The van der Waals surface area contributed by atoms with Crippen LogP contribution in [0.25, 0.3) is 0 Å². The van der Waals surface area contributed by atoms with Crippen LogP contribution >= 0.6 is 24.2 Å². The number of carbonyl (C=O) groups is 1. The molecule has 0 spiro atoms. The van der Waals surface area contributed by atoms with Crippen LogP contribution in [0.5, 0.6) is 0 Å². The van der Waals surface area contributed by atoms with Crippen molar-refractivity contribution >= 4 is 30.1 Å². The van der Waals surface area contributed by atoms with Gasteiger partial charge in [-0.3, -0.25) is 4.79 Å². The van der Waals surface area contributed by atoms with E-state index < -0.39 is 0 Å². The largest absolute Gasteiger partial charge is 0.366 e. The SMILES string of the molecule is CSC(C)(C)CNC(=O)[C@H]1CNCCO1.Cl. The second kappa shape index (κ2) is 7.37. The molecule has 0 bridgehead atoms. The fourth-order valence-corrected chi connectivity index (χ4v) is 1.44. The lowest BCUT2D eigenvalue weighted by molar-refractivity contribution is -0.134. The quantitative estimate of drug-likeness (QED) is 0.786. The highest BCUT2D eigenvalue weighted by molar-refractivity contribution is 7.99. The summed E-state index contributed by atoms with van der Waals surface area (Å²) in [6, 6.07) is 0. The fourth-order valence-electron chi connectivity index (χ4n) is 1.22. The van der Waals surface area contributed by atoms with E-state index in [9.17, 15) is 4.79 Å². The van der Waals surface area contributed by atoms with Gasteiger partial charge in [0.1, 0.15) is 6.10 Å². The number of hydrogen-bond donors (Lipinski definition) is 2. The zero-order chi connectivity index (χ0) is 11.3. The molecule has 1 atom stereocenters. The Balaban J connectivity index is 0.00000225. The molecule has 0 aromatic carbocycles. The zero-order valence-corrected chi connectivity index (χ0v) is 11.7. The number of rotatable bonds is 4. The predicted molar refractivity (Wildman–Crippen MR) is 70.5 cm³/mol. The number of ether oxygens (including phenoxy) is 1. The number of hydrogen-bond acceptors (Lipinski definition) is 4. The van der Waals surface area contributed by atoms with Crippen molar-refractivity contribution in [2.75, 3.05) is 32.5 Å². The van der Waals surface area contributed by atoms with Gasteiger partial charge in [-0.2, -0.15) is 11.8 Å². The Morgan fingerprint density at radius 1 is 1.62 bits per heavy atom. The Kier molecular flexibility index (Phi) is 7.39. The number of morpholine rings is 1. The van der Waals surface area contributed by atoms with Crippen molar-refractivity contribution in [2.45, 2.75) is 24.7 Å². The molecule has 1 aliphatic rings. The van der Waals surface area contributed by atoms with E-state index in [1.165, 1.54) is 0 Å². The molecule has 6 heteroatoms. The van der Waals surface area contributed by atoms with E-state index in [-0.39, 0.29) is 29.2 Å². The Morgan fingerprint density at radius 2 is 2.31 bits per heavy atom. The molecule has 96 valence electrons. The monoisotopic (exact) mass is 268 g/mol. The normalized spacial score (nSPS) is 21.1. The minimum absolute atomic E-state index is 0. The summed E-state index contributed by atoms with van der Waals surface area (Å²) >= 11 is 1.74. The Bertz CT molecular complexity index is 221. The van der Waals surface area contributed by atoms with E-state index in [4.69, 9.17) is 4.74 Å². The van der Waals surface area contributed by atoms with Crippen molar-refractivity contribution in [1.82, 2.24) is 10.6 Å². The van der Waals surface area contributed by atoms with E-state index >= 15 is 0 Å². The van der Waals surface area contributed by atoms with Crippen molar-refractivity contribution in [3.05, 3.63) is 0 Å². The maximum atomic E-state index is 11.7. The Hall–Kier alpha value is 0.0300. The van der Waals surface area contributed by atoms with Crippen LogP contribution in [-0.2, 0) is 9.53 Å². The minimum atomic E-state index is -0.323. The van der Waals surface area contributed by atoms with Gasteiger partial charge in [-0.25, -0.2) is 0 Å². The van der Waals surface area contributed by atoms with Gasteiger partial charge in [0.25, 0.3) is 5.91 Å². The van der Waals surface area contributed by atoms with Crippen LogP contribution in [0, 0.1) is 0 Å². The zero-order valence-electron chi connectivity index (χ0n) is 10.0. The molecule has 0 aromatic rings. The molecule has 1 fully saturated rings. The summed E-state index contributed by atoms with van der Waals surface area (Å²) < 4.78 is 5.44. The van der Waals surface area contributed by atoms with Gasteiger partial charge in [-0.05, 0) is 20.1 Å². The van der Waals surface area contributed by atoms with Crippen molar-refractivity contribution in [2.24, 2.45) is 0 Å². The molecule has 1 rings (SSSR count). The van der Waals surface area contributed by atoms with E-state index in [0.29, 0.717) is 19.7 Å². The molecule has 0 saturated carbocycles. The van der Waals surface area contributed by atoms with Gasteiger partial charge in [0.15, 0.2) is 0 Å². The predicted octanol–water partition coefficient (Wildman–Crippen LogP) is 0.654. The molecule has 0 radical (unpaired) electrons. The van der Waals surface area contributed by atoms with Gasteiger partial charge >= 0.3 is 0 Å². The van der Waals surface area contributed by atoms with E-state index in [0.717, 1.165) is 6.54 Å². The molecular weight excluding hydrogens is 248 g/mol. The third-order valence-electron chi connectivity index (χ3n) is 2.46. The maximum absolute atomic E-state index is 11.7. The van der Waals surface area contributed by atoms with Gasteiger partial charge < -0.3 is 15.4 Å². The number of amides is 1. The van der Waals surface area contributed by atoms with Crippen LogP contribution in [0.3, 0.4) is 0 Å². The molecule has 1 saturated heterocycles. The first-order valence-corrected chi connectivity index (χ1v) is 6.43. The van der Waals surface area contributed by atoms with Crippen LogP contribution in [-0.4, -0.2) is 49.3 Å². The first-order chi connectivity index (χ1) is 7.05. The van der Waals surface area contributed by atoms with Crippen LogP contribution in [0.2, 0.25) is 0 Å². The second-order valence-electron chi connectivity index (χ2n) is 4.25. The lowest BCUT2D eigenvalue weighted by Gasteiger charge is -2.26. The highest BCUT2D eigenvalue weighted by Crippen LogP contribution is 2.19. The number of carbonyl (C=O) groups excluding carboxylic acids is 1. The number of thioether (sulfide) groups is 1. The molecule has 1 amide bonds.